The summed E-state index contributed by atoms with van der Waals surface area (Å²) in [5, 5.41) is 2.81. The van der Waals surface area contributed by atoms with Crippen LogP contribution in [-0.2, 0) is 31.0 Å². The van der Waals surface area contributed by atoms with Crippen LogP contribution < -0.4 is 4.57 Å². The first-order valence-corrected chi connectivity index (χ1v) is 13.2. The van der Waals surface area contributed by atoms with E-state index in [0.717, 1.165) is 32.9 Å². The van der Waals surface area contributed by atoms with Gasteiger partial charge in [0.2, 0.25) is 11.2 Å². The molecule has 4 aromatic rings. The number of nitrogens with zero attached hydrogens (tertiary/aromatic N) is 1. The summed E-state index contributed by atoms with van der Waals surface area (Å²) in [5.74, 6) is 0. The molecule has 38 heavy (non-hydrogen) atoms. The van der Waals surface area contributed by atoms with Crippen molar-refractivity contribution in [1.29, 1.82) is 0 Å². The van der Waals surface area contributed by atoms with Gasteiger partial charge in [-0.1, -0.05) is 48.5 Å². The van der Waals surface area contributed by atoms with Gasteiger partial charge < -0.3 is 4.55 Å². The van der Waals surface area contributed by atoms with Crippen molar-refractivity contribution >= 4 is 41.9 Å². The lowest BCUT2D eigenvalue weighted by molar-refractivity contribution is -0.660. The van der Waals surface area contributed by atoms with Crippen LogP contribution in [-0.4, -0.2) is 39.0 Å². The Bertz CT molecular complexity index is 1660. The van der Waals surface area contributed by atoms with Crippen LogP contribution >= 0.6 is 0 Å². The van der Waals surface area contributed by atoms with Crippen LogP contribution in [0.2, 0.25) is 0 Å². The van der Waals surface area contributed by atoms with Crippen molar-refractivity contribution in [1.82, 2.24) is 0 Å². The molecule has 0 amide bonds. The van der Waals surface area contributed by atoms with Gasteiger partial charge in [0.05, 0.1) is 10.8 Å². The normalized spacial score (nSPS) is 12.8. The third-order valence-corrected chi connectivity index (χ3v) is 6.72. The molecule has 0 spiro atoms. The second-order valence-corrected chi connectivity index (χ2v) is 10.5. The Morgan fingerprint density at radius 2 is 1.16 bits per heavy atom. The Kier molecular flexibility index (Phi) is 8.36. The minimum atomic E-state index is -6.09. The molecule has 3 aromatic carbocycles. The van der Waals surface area contributed by atoms with Gasteiger partial charge in [-0.05, 0) is 24.3 Å². The van der Waals surface area contributed by atoms with Crippen LogP contribution in [0.3, 0.4) is 0 Å². The predicted octanol–water partition coefficient (Wildman–Crippen LogP) is 4.87. The molecule has 0 unspecified atom stereocenters. The van der Waals surface area contributed by atoms with Crippen molar-refractivity contribution in [2.75, 3.05) is 6.61 Å². The van der Waals surface area contributed by atoms with Gasteiger partial charge in [-0.15, -0.1) is 0 Å². The molecule has 0 aliphatic heterocycles. The molecule has 7 nitrogen and oxygen atoms in total. The molecule has 0 radical (unpaired) electrons. The Labute approximate surface area is 212 Å². The number of fused-ring (bicyclic) bond motifs is 3. The fourth-order valence-corrected chi connectivity index (χ4v) is 4.00. The summed E-state index contributed by atoms with van der Waals surface area (Å²) in [6, 6.07) is 24.6. The number of hydrogen-bond acceptors (Lipinski definition) is 6. The highest BCUT2D eigenvalue weighted by atomic mass is 32.2. The number of para-hydroxylation sites is 1. The molecule has 15 heteroatoms. The first kappa shape index (κ1) is 29.3. The molecule has 0 fully saturated rings. The first-order valence-electron chi connectivity index (χ1n) is 10.4. The quantitative estimate of drug-likeness (QED) is 0.0833. The van der Waals surface area contributed by atoms with Crippen molar-refractivity contribution in [3.63, 3.8) is 0 Å². The minimum absolute atomic E-state index is 0.0785. The number of alkyl halides is 6. The highest BCUT2D eigenvalue weighted by Crippen LogP contribution is 2.31. The average molecular weight is 582 g/mol. The van der Waals surface area contributed by atoms with Gasteiger partial charge in [-0.3, -0.25) is 4.18 Å². The van der Waals surface area contributed by atoms with Gasteiger partial charge >= 0.3 is 21.1 Å². The lowest BCUT2D eigenvalue weighted by Gasteiger charge is -2.13. The molecule has 0 N–H and O–H groups in total. The van der Waals surface area contributed by atoms with Gasteiger partial charge in [0.25, 0.3) is 0 Å². The van der Waals surface area contributed by atoms with Gasteiger partial charge in [0.15, 0.2) is 16.7 Å². The number of rotatable bonds is 5. The largest absolute Gasteiger partial charge is 0.741 e. The lowest BCUT2D eigenvalue weighted by Crippen LogP contribution is -2.40. The molecule has 0 atom stereocenters. The second-order valence-electron chi connectivity index (χ2n) is 7.55. The van der Waals surface area contributed by atoms with E-state index in [-0.39, 0.29) is 6.54 Å². The monoisotopic (exact) mass is 581 g/mol. The molecule has 0 saturated carbocycles. The van der Waals surface area contributed by atoms with Crippen molar-refractivity contribution in [3.05, 3.63) is 78.9 Å². The summed E-state index contributed by atoms with van der Waals surface area (Å²) in [6.45, 7) is -0.723. The van der Waals surface area contributed by atoms with E-state index in [0.29, 0.717) is 0 Å². The van der Waals surface area contributed by atoms with E-state index in [1.165, 1.54) is 0 Å². The molecule has 204 valence electrons. The average Bonchev–Trinajstić information content (AvgIpc) is 2.83. The molecule has 0 saturated heterocycles. The molecular formula is C23H17F6NO6S2. The van der Waals surface area contributed by atoms with Crippen molar-refractivity contribution in [2.45, 2.75) is 17.6 Å². The van der Waals surface area contributed by atoms with Crippen molar-refractivity contribution < 1.29 is 56.5 Å². The summed E-state index contributed by atoms with van der Waals surface area (Å²) in [4.78, 5) is 0. The van der Waals surface area contributed by atoms with Crippen molar-refractivity contribution in [3.8, 4) is 11.3 Å². The smallest absolute Gasteiger partial charge is 0.523 e. The summed E-state index contributed by atoms with van der Waals surface area (Å²) in [5.41, 5.74) is -8.70. The maximum Gasteiger partial charge on any atom is 0.523 e. The van der Waals surface area contributed by atoms with E-state index in [2.05, 4.69) is 4.18 Å². The fraction of sp³-hybridized carbons (Fsp3) is 0.174. The molecule has 1 aromatic heterocycles. The highest BCUT2D eigenvalue weighted by molar-refractivity contribution is 7.87. The lowest BCUT2D eigenvalue weighted by atomic mass is 9.99. The van der Waals surface area contributed by atoms with Crippen LogP contribution in [0.25, 0.3) is 32.9 Å². The summed E-state index contributed by atoms with van der Waals surface area (Å²) >= 11 is 0. The standard InChI is InChI=1S/C22H17F3NO3S.CHF3O3S/c23-22(24,25)30(27,28)29-15-14-26-20-13-7-6-11-18(20)17-10-4-5-12-19(17)21(26)16-8-2-1-3-9-16;2-1(3,4)8(5,6)7/h1-13H,14-15H2;(H,5,6,7)/q+1;/p-1. The van der Waals surface area contributed by atoms with Crippen LogP contribution in [0.1, 0.15) is 0 Å². The molecule has 0 bridgehead atoms. The summed E-state index contributed by atoms with van der Waals surface area (Å²) in [6.07, 6.45) is 0. The number of benzene rings is 3. The van der Waals surface area contributed by atoms with E-state index in [9.17, 15) is 34.8 Å². The van der Waals surface area contributed by atoms with E-state index < -0.39 is 37.9 Å². The van der Waals surface area contributed by atoms with Crippen LogP contribution in [0.4, 0.5) is 26.3 Å². The minimum Gasteiger partial charge on any atom is -0.741 e. The Balaban J connectivity index is 0.000000436. The van der Waals surface area contributed by atoms with Crippen LogP contribution in [0.5, 0.6) is 0 Å². The number of hydrogen-bond donors (Lipinski definition) is 0. The SMILES string of the molecule is O=S(=O)(OCC[n+]1c(-c2ccccc2)c2ccccc2c2ccccc21)C(F)(F)F.O=S(=O)([O-])C(F)(F)F. The summed E-state index contributed by atoms with van der Waals surface area (Å²) < 4.78 is 126. The number of aromatic nitrogens is 1. The third-order valence-electron chi connectivity index (χ3n) is 5.10. The maximum atomic E-state index is 12.6. The zero-order chi connectivity index (χ0) is 28.4. The molecule has 0 aliphatic rings. The third kappa shape index (κ3) is 6.40. The summed E-state index contributed by atoms with van der Waals surface area (Å²) in [7, 11) is -11.7. The molecule has 0 aliphatic carbocycles. The highest BCUT2D eigenvalue weighted by Gasteiger charge is 2.47. The second kappa shape index (κ2) is 10.8. The van der Waals surface area contributed by atoms with Crippen LogP contribution in [0, 0.1) is 0 Å². The fourth-order valence-electron chi connectivity index (χ4n) is 3.57. The van der Waals surface area contributed by atoms with E-state index in [4.69, 9.17) is 13.0 Å². The predicted molar refractivity (Wildman–Crippen MR) is 124 cm³/mol. The zero-order valence-corrected chi connectivity index (χ0v) is 20.5. The van der Waals surface area contributed by atoms with Crippen LogP contribution in [0.15, 0.2) is 78.9 Å². The number of halogens is 6. The maximum absolute atomic E-state index is 12.6. The van der Waals surface area contributed by atoms with E-state index >= 15 is 0 Å². The zero-order valence-electron chi connectivity index (χ0n) is 18.9. The number of pyridine rings is 1. The van der Waals surface area contributed by atoms with E-state index in [1.807, 2.05) is 78.9 Å². The van der Waals surface area contributed by atoms with Gasteiger partial charge in [-0.2, -0.15) is 39.3 Å². The molecular weight excluding hydrogens is 564 g/mol. The van der Waals surface area contributed by atoms with Gasteiger partial charge in [0, 0.05) is 17.0 Å². The Hall–Kier alpha value is -3.27. The molecule has 1 heterocycles. The molecule has 4 rings (SSSR count). The first-order chi connectivity index (χ1) is 17.5. The van der Waals surface area contributed by atoms with Gasteiger partial charge in [-0.25, -0.2) is 8.42 Å². The Morgan fingerprint density at radius 3 is 1.68 bits per heavy atom. The van der Waals surface area contributed by atoms with Gasteiger partial charge in [0.1, 0.15) is 6.61 Å². The van der Waals surface area contributed by atoms with Crippen molar-refractivity contribution in [2.24, 2.45) is 0 Å². The van der Waals surface area contributed by atoms with E-state index in [1.54, 1.807) is 4.57 Å². The Morgan fingerprint density at radius 1 is 0.684 bits per heavy atom. The topological polar surface area (TPSA) is 104 Å².